The van der Waals surface area contributed by atoms with Crippen LogP contribution in [0.25, 0.3) is 11.4 Å². The monoisotopic (exact) mass is 468 g/mol. The van der Waals surface area contributed by atoms with E-state index in [0.717, 1.165) is 50.0 Å². The lowest BCUT2D eigenvalue weighted by atomic mass is 10.1. The van der Waals surface area contributed by atoms with E-state index in [1.807, 2.05) is 24.3 Å². The Morgan fingerprint density at radius 2 is 1.21 bits per heavy atom. The Labute approximate surface area is 206 Å². The number of ether oxygens (including phenoxy) is 2. The zero-order valence-corrected chi connectivity index (χ0v) is 21.4. The number of hydrogen-bond acceptors (Lipinski definition) is 5. The Bertz CT molecular complexity index is 775. The van der Waals surface area contributed by atoms with Gasteiger partial charge in [-0.2, -0.15) is 0 Å². The number of carbonyl (C=O) groups excluding carboxylic acids is 1. The summed E-state index contributed by atoms with van der Waals surface area (Å²) in [5.41, 5.74) is 0.906. The molecule has 1 aromatic carbocycles. The van der Waals surface area contributed by atoms with E-state index in [0.29, 0.717) is 18.0 Å². The number of hydrogen-bond donors (Lipinski definition) is 0. The number of unbranched alkanes of at least 4 members (excludes halogenated alkanes) is 12. The van der Waals surface area contributed by atoms with Crippen molar-refractivity contribution in [1.82, 2.24) is 9.97 Å². The van der Waals surface area contributed by atoms with E-state index < -0.39 is 0 Å². The molecular formula is C29H44N2O3. The average molecular weight is 469 g/mol. The third-order valence-corrected chi connectivity index (χ3v) is 5.97. The molecule has 0 bridgehead atoms. The van der Waals surface area contributed by atoms with Gasteiger partial charge in [0.2, 0.25) is 0 Å². The molecule has 0 saturated carbocycles. The van der Waals surface area contributed by atoms with Gasteiger partial charge in [-0.15, -0.1) is 0 Å². The van der Waals surface area contributed by atoms with Crippen molar-refractivity contribution >= 4 is 5.97 Å². The lowest BCUT2D eigenvalue weighted by Crippen LogP contribution is -2.08. The second kappa shape index (κ2) is 18.0. The Balaban J connectivity index is 1.61. The molecule has 2 aromatic rings. The normalized spacial score (nSPS) is 10.9. The first-order valence-corrected chi connectivity index (χ1v) is 13.5. The summed E-state index contributed by atoms with van der Waals surface area (Å²) in [6, 6.07) is 7.84. The summed E-state index contributed by atoms with van der Waals surface area (Å²) in [5.74, 6) is 1.63. The van der Waals surface area contributed by atoms with Gasteiger partial charge in [-0.05, 0) is 37.1 Å². The molecule has 0 N–H and O–H groups in total. The first-order chi connectivity index (χ1) is 16.7. The molecular weight excluding hydrogens is 424 g/mol. The molecule has 0 radical (unpaired) electrons. The molecule has 1 aromatic heterocycles. The lowest BCUT2D eigenvalue weighted by molar-refractivity contribution is -0.134. The predicted octanol–water partition coefficient (Wildman–Crippen LogP) is 8.32. The average Bonchev–Trinajstić information content (AvgIpc) is 2.86. The third-order valence-electron chi connectivity index (χ3n) is 5.97. The smallest absolute Gasteiger partial charge is 0.311 e. The molecule has 188 valence electrons. The van der Waals surface area contributed by atoms with Gasteiger partial charge in [-0.1, -0.05) is 90.9 Å². The van der Waals surface area contributed by atoms with Crippen LogP contribution in [0.4, 0.5) is 0 Å². The number of benzene rings is 1. The largest absolute Gasteiger partial charge is 0.494 e. The number of nitrogens with zero attached hydrogens (tertiary/aromatic N) is 2. The lowest BCUT2D eigenvalue weighted by Gasteiger charge is -2.08. The summed E-state index contributed by atoms with van der Waals surface area (Å²) in [5, 5.41) is 0. The zero-order valence-electron chi connectivity index (χ0n) is 21.4. The van der Waals surface area contributed by atoms with E-state index in [2.05, 4.69) is 23.8 Å². The van der Waals surface area contributed by atoms with Crippen LogP contribution in [-0.4, -0.2) is 22.5 Å². The Morgan fingerprint density at radius 3 is 1.79 bits per heavy atom. The van der Waals surface area contributed by atoms with Crippen molar-refractivity contribution in [3.05, 3.63) is 36.7 Å². The number of esters is 1. The van der Waals surface area contributed by atoms with Crippen molar-refractivity contribution in [3.63, 3.8) is 0 Å². The van der Waals surface area contributed by atoms with Crippen LogP contribution in [0.3, 0.4) is 0 Å². The van der Waals surface area contributed by atoms with Gasteiger partial charge >= 0.3 is 5.97 Å². The molecule has 34 heavy (non-hydrogen) atoms. The van der Waals surface area contributed by atoms with E-state index in [4.69, 9.17) is 9.47 Å². The van der Waals surface area contributed by atoms with Crippen molar-refractivity contribution in [1.29, 1.82) is 0 Å². The molecule has 5 nitrogen and oxygen atoms in total. The first kappa shape index (κ1) is 27.8. The highest BCUT2D eigenvalue weighted by molar-refractivity contribution is 5.72. The fourth-order valence-corrected chi connectivity index (χ4v) is 3.88. The molecule has 1 heterocycles. The summed E-state index contributed by atoms with van der Waals surface area (Å²) in [6.07, 6.45) is 21.0. The minimum Gasteiger partial charge on any atom is -0.494 e. The maximum atomic E-state index is 11.9. The summed E-state index contributed by atoms with van der Waals surface area (Å²) in [6.45, 7) is 5.17. The number of carbonyl (C=O) groups is 1. The van der Waals surface area contributed by atoms with Gasteiger partial charge < -0.3 is 9.47 Å². The van der Waals surface area contributed by atoms with Crippen LogP contribution in [0.2, 0.25) is 0 Å². The highest BCUT2D eigenvalue weighted by atomic mass is 16.5. The molecule has 5 heteroatoms. The molecule has 0 unspecified atom stereocenters. The summed E-state index contributed by atoms with van der Waals surface area (Å²) < 4.78 is 11.2. The third kappa shape index (κ3) is 12.2. The Morgan fingerprint density at radius 1 is 0.676 bits per heavy atom. The van der Waals surface area contributed by atoms with Crippen molar-refractivity contribution in [2.24, 2.45) is 0 Å². The molecule has 0 saturated heterocycles. The minimum absolute atomic E-state index is 0.226. The fraction of sp³-hybridized carbons (Fsp3) is 0.621. The summed E-state index contributed by atoms with van der Waals surface area (Å²) >= 11 is 0. The molecule has 0 amide bonds. The standard InChI is InChI=1S/C29H44N2O3/c1-3-5-7-9-10-11-12-13-14-16-22-33-26-20-18-25(19-21-26)29-30-23-27(24-31-29)34-28(32)17-15-8-6-4-2/h18-21,23-24H,3-17,22H2,1-2H3. The van der Waals surface area contributed by atoms with Gasteiger partial charge in [0, 0.05) is 12.0 Å². The van der Waals surface area contributed by atoms with Gasteiger partial charge in [-0.3, -0.25) is 4.79 Å². The molecule has 0 aliphatic rings. The van der Waals surface area contributed by atoms with Crippen molar-refractivity contribution in [2.45, 2.75) is 110 Å². The van der Waals surface area contributed by atoms with Crippen molar-refractivity contribution in [2.75, 3.05) is 6.61 Å². The zero-order chi connectivity index (χ0) is 24.3. The van der Waals surface area contributed by atoms with Crippen LogP contribution >= 0.6 is 0 Å². The van der Waals surface area contributed by atoms with Gasteiger partial charge in [0.25, 0.3) is 0 Å². The molecule has 0 fully saturated rings. The molecule has 2 rings (SSSR count). The van der Waals surface area contributed by atoms with Gasteiger partial charge in [-0.25, -0.2) is 9.97 Å². The highest BCUT2D eigenvalue weighted by Gasteiger charge is 2.07. The Hall–Kier alpha value is -2.43. The molecule has 0 atom stereocenters. The van der Waals surface area contributed by atoms with E-state index >= 15 is 0 Å². The van der Waals surface area contributed by atoms with Crippen molar-refractivity contribution in [3.8, 4) is 22.9 Å². The second-order valence-electron chi connectivity index (χ2n) is 9.08. The van der Waals surface area contributed by atoms with Crippen molar-refractivity contribution < 1.29 is 14.3 Å². The predicted molar refractivity (Wildman–Crippen MR) is 139 cm³/mol. The summed E-state index contributed by atoms with van der Waals surface area (Å²) in [7, 11) is 0. The fourth-order valence-electron chi connectivity index (χ4n) is 3.88. The molecule has 0 spiro atoms. The maximum Gasteiger partial charge on any atom is 0.311 e. The molecule has 0 aliphatic heterocycles. The topological polar surface area (TPSA) is 61.3 Å². The van der Waals surface area contributed by atoms with Crippen LogP contribution in [0.5, 0.6) is 11.5 Å². The van der Waals surface area contributed by atoms with E-state index in [1.54, 1.807) is 12.4 Å². The minimum atomic E-state index is -0.226. The van der Waals surface area contributed by atoms with E-state index in [-0.39, 0.29) is 5.97 Å². The molecule has 0 aliphatic carbocycles. The van der Waals surface area contributed by atoms with Crippen LogP contribution in [0, 0.1) is 0 Å². The van der Waals surface area contributed by atoms with E-state index in [1.165, 1.54) is 57.8 Å². The van der Waals surface area contributed by atoms with Gasteiger partial charge in [0.15, 0.2) is 11.6 Å². The van der Waals surface area contributed by atoms with Crippen LogP contribution in [0.15, 0.2) is 36.7 Å². The van der Waals surface area contributed by atoms with Gasteiger partial charge in [0.05, 0.1) is 19.0 Å². The second-order valence-corrected chi connectivity index (χ2v) is 9.08. The van der Waals surface area contributed by atoms with Gasteiger partial charge in [0.1, 0.15) is 5.75 Å². The van der Waals surface area contributed by atoms with Crippen LogP contribution in [-0.2, 0) is 4.79 Å². The SMILES string of the molecule is CCCCCCCCCCCCOc1ccc(-c2ncc(OC(=O)CCCCCC)cn2)cc1. The number of aromatic nitrogens is 2. The summed E-state index contributed by atoms with van der Waals surface area (Å²) in [4.78, 5) is 20.6. The van der Waals surface area contributed by atoms with Crippen LogP contribution in [0.1, 0.15) is 110 Å². The van der Waals surface area contributed by atoms with E-state index in [9.17, 15) is 4.79 Å². The van der Waals surface area contributed by atoms with Crippen LogP contribution < -0.4 is 9.47 Å². The highest BCUT2D eigenvalue weighted by Crippen LogP contribution is 2.21. The Kier molecular flexibility index (Phi) is 14.7. The quantitative estimate of drug-likeness (QED) is 0.153. The maximum absolute atomic E-state index is 11.9. The number of rotatable bonds is 19. The first-order valence-electron chi connectivity index (χ1n) is 13.5.